The van der Waals surface area contributed by atoms with E-state index in [0.717, 1.165) is 51.6 Å². The Kier molecular flexibility index (Phi) is 6.79. The number of aryl methyl sites for hydroxylation is 2. The van der Waals surface area contributed by atoms with Crippen molar-refractivity contribution in [2.24, 2.45) is 12.0 Å². The average molecular weight is 383 g/mol. The third-order valence-corrected chi connectivity index (χ3v) is 5.84. The van der Waals surface area contributed by atoms with Crippen LogP contribution < -0.4 is 5.32 Å². The van der Waals surface area contributed by atoms with E-state index in [1.54, 1.807) is 0 Å². The van der Waals surface area contributed by atoms with Crippen LogP contribution in [-0.2, 0) is 23.7 Å². The molecule has 152 valence electrons. The Balaban J connectivity index is 1.84. The molecule has 1 saturated heterocycles. The standard InChI is InChI=1S/C23H34N4O/c1-5-24-22(27(4)17-20-10-8-14-26(20)3)25-18-23(12-15-28-16-13-23)21-11-7-6-9-19(21)2/h6-11,14H,5,12-13,15-18H2,1-4H3,(H,24,25). The van der Waals surface area contributed by atoms with Gasteiger partial charge in [0, 0.05) is 51.2 Å². The molecule has 1 aromatic heterocycles. The van der Waals surface area contributed by atoms with Crippen LogP contribution in [0.15, 0.2) is 47.6 Å². The van der Waals surface area contributed by atoms with Gasteiger partial charge >= 0.3 is 0 Å². The van der Waals surface area contributed by atoms with Crippen molar-refractivity contribution >= 4 is 5.96 Å². The molecule has 0 spiro atoms. The molecule has 5 heteroatoms. The fourth-order valence-electron chi connectivity index (χ4n) is 4.12. The van der Waals surface area contributed by atoms with Gasteiger partial charge in [0.15, 0.2) is 5.96 Å². The van der Waals surface area contributed by atoms with Crippen LogP contribution in [0, 0.1) is 6.92 Å². The lowest BCUT2D eigenvalue weighted by molar-refractivity contribution is 0.0528. The molecule has 0 unspecified atom stereocenters. The molecule has 0 amide bonds. The van der Waals surface area contributed by atoms with E-state index >= 15 is 0 Å². The molecule has 1 aliphatic heterocycles. The molecule has 0 radical (unpaired) electrons. The maximum atomic E-state index is 5.69. The fourth-order valence-corrected chi connectivity index (χ4v) is 4.12. The van der Waals surface area contributed by atoms with Gasteiger partial charge in [-0.3, -0.25) is 4.99 Å². The summed E-state index contributed by atoms with van der Waals surface area (Å²) in [6.07, 6.45) is 4.12. The summed E-state index contributed by atoms with van der Waals surface area (Å²) in [6.45, 7) is 8.41. The quantitative estimate of drug-likeness (QED) is 0.614. The van der Waals surface area contributed by atoms with Crippen molar-refractivity contribution in [3.63, 3.8) is 0 Å². The lowest BCUT2D eigenvalue weighted by Crippen LogP contribution is -2.42. The van der Waals surface area contributed by atoms with E-state index in [1.807, 2.05) is 0 Å². The van der Waals surface area contributed by atoms with E-state index < -0.39 is 0 Å². The molecule has 0 bridgehead atoms. The van der Waals surface area contributed by atoms with Gasteiger partial charge < -0.3 is 19.5 Å². The van der Waals surface area contributed by atoms with Gasteiger partial charge in [0.05, 0.1) is 13.1 Å². The first-order valence-corrected chi connectivity index (χ1v) is 10.3. The van der Waals surface area contributed by atoms with Gasteiger partial charge in [0.2, 0.25) is 0 Å². The minimum Gasteiger partial charge on any atom is -0.381 e. The van der Waals surface area contributed by atoms with Crippen LogP contribution >= 0.6 is 0 Å². The molecule has 2 aromatic rings. The third-order valence-electron chi connectivity index (χ3n) is 5.84. The number of aliphatic imine (C=N–C) groups is 1. The Morgan fingerprint density at radius 1 is 1.21 bits per heavy atom. The second-order valence-corrected chi connectivity index (χ2v) is 7.84. The topological polar surface area (TPSA) is 41.8 Å². The number of hydrogen-bond acceptors (Lipinski definition) is 2. The van der Waals surface area contributed by atoms with Crippen molar-refractivity contribution in [2.75, 3.05) is 33.4 Å². The zero-order valence-corrected chi connectivity index (χ0v) is 17.7. The van der Waals surface area contributed by atoms with Gasteiger partial charge in [-0.2, -0.15) is 0 Å². The Morgan fingerprint density at radius 2 is 1.96 bits per heavy atom. The van der Waals surface area contributed by atoms with Crippen LogP contribution in [0.4, 0.5) is 0 Å². The second kappa shape index (κ2) is 9.28. The van der Waals surface area contributed by atoms with E-state index in [2.05, 4.69) is 85.3 Å². The molecule has 5 nitrogen and oxygen atoms in total. The predicted octanol–water partition coefficient (Wildman–Crippen LogP) is 3.48. The number of rotatable bonds is 6. The van der Waals surface area contributed by atoms with Crippen molar-refractivity contribution in [1.82, 2.24) is 14.8 Å². The molecule has 28 heavy (non-hydrogen) atoms. The number of benzene rings is 1. The number of aromatic nitrogens is 1. The average Bonchev–Trinajstić information content (AvgIpc) is 3.10. The van der Waals surface area contributed by atoms with E-state index in [0.29, 0.717) is 0 Å². The van der Waals surface area contributed by atoms with Crippen molar-refractivity contribution in [3.8, 4) is 0 Å². The van der Waals surface area contributed by atoms with Crippen LogP contribution in [-0.4, -0.2) is 48.8 Å². The van der Waals surface area contributed by atoms with Crippen LogP contribution in [0.25, 0.3) is 0 Å². The van der Waals surface area contributed by atoms with Crippen LogP contribution in [0.1, 0.15) is 36.6 Å². The summed E-state index contributed by atoms with van der Waals surface area (Å²) in [5, 5.41) is 3.47. The third kappa shape index (κ3) is 4.58. The highest BCUT2D eigenvalue weighted by molar-refractivity contribution is 5.79. The van der Waals surface area contributed by atoms with Crippen LogP contribution in [0.2, 0.25) is 0 Å². The maximum Gasteiger partial charge on any atom is 0.194 e. The summed E-state index contributed by atoms with van der Waals surface area (Å²) in [5.41, 5.74) is 4.09. The smallest absolute Gasteiger partial charge is 0.194 e. The maximum absolute atomic E-state index is 5.69. The van der Waals surface area contributed by atoms with Crippen molar-refractivity contribution in [3.05, 3.63) is 59.4 Å². The SMILES string of the molecule is CCNC(=NCC1(c2ccccc2C)CCOCC1)N(C)Cc1cccn1C. The number of nitrogens with zero attached hydrogens (tertiary/aromatic N) is 3. The summed E-state index contributed by atoms with van der Waals surface area (Å²) in [7, 11) is 4.20. The molecule has 2 heterocycles. The lowest BCUT2D eigenvalue weighted by atomic mass is 9.72. The molecule has 1 N–H and O–H groups in total. The molecule has 0 atom stereocenters. The van der Waals surface area contributed by atoms with E-state index in [9.17, 15) is 0 Å². The lowest BCUT2D eigenvalue weighted by Gasteiger charge is -2.38. The number of guanidine groups is 1. The zero-order chi connectivity index (χ0) is 20.0. The molecular formula is C23H34N4O. The second-order valence-electron chi connectivity index (χ2n) is 7.84. The highest BCUT2D eigenvalue weighted by Gasteiger charge is 2.35. The zero-order valence-electron chi connectivity index (χ0n) is 17.7. The summed E-state index contributed by atoms with van der Waals surface area (Å²) < 4.78 is 7.85. The highest BCUT2D eigenvalue weighted by atomic mass is 16.5. The van der Waals surface area contributed by atoms with E-state index in [4.69, 9.17) is 9.73 Å². The first kappa shape index (κ1) is 20.5. The van der Waals surface area contributed by atoms with Crippen molar-refractivity contribution in [1.29, 1.82) is 0 Å². The first-order valence-electron chi connectivity index (χ1n) is 10.3. The Labute approximate surface area is 169 Å². The summed E-state index contributed by atoms with van der Waals surface area (Å²) in [4.78, 5) is 7.32. The Morgan fingerprint density at radius 3 is 2.61 bits per heavy atom. The number of hydrogen-bond donors (Lipinski definition) is 1. The van der Waals surface area contributed by atoms with Crippen LogP contribution in [0.5, 0.6) is 0 Å². The van der Waals surface area contributed by atoms with Gasteiger partial charge in [-0.15, -0.1) is 0 Å². The summed E-state index contributed by atoms with van der Waals surface area (Å²) in [6, 6.07) is 13.0. The molecule has 0 saturated carbocycles. The minimum atomic E-state index is 0.0517. The van der Waals surface area contributed by atoms with Crippen molar-refractivity contribution < 1.29 is 4.74 Å². The minimum absolute atomic E-state index is 0.0517. The van der Waals surface area contributed by atoms with Gasteiger partial charge in [0.25, 0.3) is 0 Å². The van der Waals surface area contributed by atoms with E-state index in [1.165, 1.54) is 16.8 Å². The molecule has 1 aliphatic rings. The van der Waals surface area contributed by atoms with Gasteiger partial charge in [-0.1, -0.05) is 24.3 Å². The van der Waals surface area contributed by atoms with Gasteiger partial charge in [-0.25, -0.2) is 0 Å². The fraction of sp³-hybridized carbons (Fsp3) is 0.522. The first-order chi connectivity index (χ1) is 13.6. The van der Waals surface area contributed by atoms with Gasteiger partial charge in [0.1, 0.15) is 0 Å². The Hall–Kier alpha value is -2.27. The highest BCUT2D eigenvalue weighted by Crippen LogP contribution is 2.37. The summed E-state index contributed by atoms with van der Waals surface area (Å²) >= 11 is 0. The molecule has 3 rings (SSSR count). The molecule has 0 aliphatic carbocycles. The molecular weight excluding hydrogens is 348 g/mol. The summed E-state index contributed by atoms with van der Waals surface area (Å²) in [5.74, 6) is 0.961. The monoisotopic (exact) mass is 382 g/mol. The Bertz CT molecular complexity index is 789. The predicted molar refractivity (Wildman–Crippen MR) is 116 cm³/mol. The number of ether oxygens (including phenoxy) is 1. The molecule has 1 fully saturated rings. The van der Waals surface area contributed by atoms with Gasteiger partial charge in [-0.05, 0) is 49.9 Å². The van der Waals surface area contributed by atoms with Crippen LogP contribution in [0.3, 0.4) is 0 Å². The van der Waals surface area contributed by atoms with Crippen molar-refractivity contribution in [2.45, 2.75) is 38.6 Å². The molecule has 1 aromatic carbocycles. The normalized spacial score (nSPS) is 16.8. The van der Waals surface area contributed by atoms with E-state index in [-0.39, 0.29) is 5.41 Å². The largest absolute Gasteiger partial charge is 0.381 e. The number of nitrogens with one attached hydrogen (secondary N) is 1.